The van der Waals surface area contributed by atoms with Crippen molar-refractivity contribution >= 4 is 0 Å². The fourth-order valence-corrected chi connectivity index (χ4v) is 1.36. The lowest BCUT2D eigenvalue weighted by atomic mass is 10.0. The molecule has 0 spiro atoms. The number of aromatic nitrogens is 1. The summed E-state index contributed by atoms with van der Waals surface area (Å²) in [5, 5.41) is 0. The van der Waals surface area contributed by atoms with Crippen LogP contribution in [0.2, 0.25) is 0 Å². The van der Waals surface area contributed by atoms with Crippen LogP contribution in [0.1, 0.15) is 5.56 Å². The van der Waals surface area contributed by atoms with E-state index in [9.17, 15) is 0 Å². The Morgan fingerprint density at radius 1 is 1.23 bits per heavy atom. The molecule has 2 rings (SSSR count). The van der Waals surface area contributed by atoms with Gasteiger partial charge in [-0.3, -0.25) is 4.98 Å². The van der Waals surface area contributed by atoms with Gasteiger partial charge in [0, 0.05) is 18.0 Å². The Hall–Kier alpha value is -1.63. The summed E-state index contributed by atoms with van der Waals surface area (Å²) < 4.78 is 0. The van der Waals surface area contributed by atoms with Gasteiger partial charge in [-0.05, 0) is 30.2 Å². The van der Waals surface area contributed by atoms with E-state index in [1.165, 1.54) is 5.56 Å². The Morgan fingerprint density at radius 3 is 2.85 bits per heavy atom. The molecule has 0 aliphatic rings. The highest BCUT2D eigenvalue weighted by Crippen LogP contribution is 2.20. The normalized spacial score (nSPS) is 9.92. The SMILES string of the molecule is Cc1[c]cccc1-c1cccnc1. The van der Waals surface area contributed by atoms with Gasteiger partial charge in [0.2, 0.25) is 0 Å². The fraction of sp³-hybridized carbons (Fsp3) is 0.0833. The topological polar surface area (TPSA) is 12.9 Å². The van der Waals surface area contributed by atoms with Crippen molar-refractivity contribution in [3.63, 3.8) is 0 Å². The number of aryl methyl sites for hydroxylation is 1. The Labute approximate surface area is 78.1 Å². The van der Waals surface area contributed by atoms with Crippen LogP contribution in [0, 0.1) is 13.0 Å². The maximum absolute atomic E-state index is 4.09. The molecule has 1 aromatic heterocycles. The molecule has 0 amide bonds. The van der Waals surface area contributed by atoms with Gasteiger partial charge in [-0.25, -0.2) is 0 Å². The molecule has 1 heteroatoms. The van der Waals surface area contributed by atoms with Gasteiger partial charge in [0.25, 0.3) is 0 Å². The molecule has 13 heavy (non-hydrogen) atoms. The van der Waals surface area contributed by atoms with Crippen LogP contribution in [-0.4, -0.2) is 4.98 Å². The van der Waals surface area contributed by atoms with E-state index >= 15 is 0 Å². The van der Waals surface area contributed by atoms with Crippen LogP contribution in [0.4, 0.5) is 0 Å². The van der Waals surface area contributed by atoms with E-state index in [4.69, 9.17) is 0 Å². The van der Waals surface area contributed by atoms with Crippen LogP contribution in [-0.2, 0) is 0 Å². The Kier molecular flexibility index (Phi) is 2.09. The number of benzene rings is 1. The third kappa shape index (κ3) is 1.59. The fourth-order valence-electron chi connectivity index (χ4n) is 1.36. The first-order valence-electron chi connectivity index (χ1n) is 4.25. The van der Waals surface area contributed by atoms with Gasteiger partial charge in [-0.15, -0.1) is 0 Å². The molecule has 0 aliphatic carbocycles. The van der Waals surface area contributed by atoms with Crippen LogP contribution >= 0.6 is 0 Å². The number of nitrogens with zero attached hydrogens (tertiary/aromatic N) is 1. The average molecular weight is 168 g/mol. The molecule has 0 aliphatic heterocycles. The van der Waals surface area contributed by atoms with E-state index in [0.29, 0.717) is 0 Å². The first kappa shape index (κ1) is 7.99. The van der Waals surface area contributed by atoms with E-state index in [1.54, 1.807) is 6.20 Å². The lowest BCUT2D eigenvalue weighted by Crippen LogP contribution is -1.82. The van der Waals surface area contributed by atoms with Crippen molar-refractivity contribution in [2.45, 2.75) is 6.92 Å². The Morgan fingerprint density at radius 2 is 2.15 bits per heavy atom. The number of pyridine rings is 1. The maximum Gasteiger partial charge on any atom is 0.0346 e. The van der Waals surface area contributed by atoms with E-state index < -0.39 is 0 Å². The summed E-state index contributed by atoms with van der Waals surface area (Å²) in [4.78, 5) is 4.09. The zero-order valence-corrected chi connectivity index (χ0v) is 7.49. The molecule has 1 radical (unpaired) electrons. The van der Waals surface area contributed by atoms with Crippen molar-refractivity contribution in [2.24, 2.45) is 0 Å². The van der Waals surface area contributed by atoms with Gasteiger partial charge in [0.1, 0.15) is 0 Å². The molecule has 0 N–H and O–H groups in total. The quantitative estimate of drug-likeness (QED) is 0.638. The highest BCUT2D eigenvalue weighted by atomic mass is 14.6. The van der Waals surface area contributed by atoms with Crippen LogP contribution in [0.15, 0.2) is 42.7 Å². The molecule has 2 aromatic rings. The monoisotopic (exact) mass is 168 g/mol. The van der Waals surface area contributed by atoms with Crippen molar-refractivity contribution in [1.82, 2.24) is 4.98 Å². The molecule has 0 saturated carbocycles. The van der Waals surface area contributed by atoms with E-state index in [0.717, 1.165) is 11.1 Å². The largest absolute Gasteiger partial charge is 0.264 e. The molecule has 0 fully saturated rings. The van der Waals surface area contributed by atoms with Gasteiger partial charge in [-0.1, -0.05) is 24.3 Å². The summed E-state index contributed by atoms with van der Waals surface area (Å²) in [6.07, 6.45) is 3.65. The van der Waals surface area contributed by atoms with Crippen LogP contribution in [0.25, 0.3) is 11.1 Å². The van der Waals surface area contributed by atoms with Crippen molar-refractivity contribution in [1.29, 1.82) is 0 Å². The second-order valence-corrected chi connectivity index (χ2v) is 2.95. The minimum absolute atomic E-state index is 1.15. The summed E-state index contributed by atoms with van der Waals surface area (Å²) in [6, 6.07) is 13.2. The Balaban J connectivity index is 2.54. The second kappa shape index (κ2) is 3.40. The lowest BCUT2D eigenvalue weighted by molar-refractivity contribution is 1.32. The van der Waals surface area contributed by atoms with Crippen LogP contribution in [0.5, 0.6) is 0 Å². The van der Waals surface area contributed by atoms with Crippen molar-refractivity contribution in [3.05, 3.63) is 54.4 Å². The predicted molar refractivity (Wildman–Crippen MR) is 53.2 cm³/mol. The summed E-state index contributed by atoms with van der Waals surface area (Å²) in [7, 11) is 0. The van der Waals surface area contributed by atoms with Gasteiger partial charge in [-0.2, -0.15) is 0 Å². The van der Waals surface area contributed by atoms with Gasteiger partial charge in [0.15, 0.2) is 0 Å². The third-order valence-electron chi connectivity index (χ3n) is 2.04. The van der Waals surface area contributed by atoms with Gasteiger partial charge in [0.05, 0.1) is 0 Å². The van der Waals surface area contributed by atoms with Crippen molar-refractivity contribution < 1.29 is 0 Å². The van der Waals surface area contributed by atoms with Gasteiger partial charge >= 0.3 is 0 Å². The van der Waals surface area contributed by atoms with Crippen LogP contribution < -0.4 is 0 Å². The minimum atomic E-state index is 1.15. The summed E-state index contributed by atoms with van der Waals surface area (Å²) in [5.41, 5.74) is 3.52. The smallest absolute Gasteiger partial charge is 0.0346 e. The molecule has 0 saturated heterocycles. The number of hydrogen-bond donors (Lipinski definition) is 0. The van der Waals surface area contributed by atoms with E-state index in [-0.39, 0.29) is 0 Å². The van der Waals surface area contributed by atoms with E-state index in [2.05, 4.69) is 30.1 Å². The number of rotatable bonds is 1. The first-order valence-corrected chi connectivity index (χ1v) is 4.25. The standard InChI is InChI=1S/C12H10N/c1-10-5-2-3-7-12(10)11-6-4-8-13-9-11/h2-4,6-9H,1H3. The van der Waals surface area contributed by atoms with Crippen molar-refractivity contribution in [3.8, 4) is 11.1 Å². The molecule has 1 nitrogen and oxygen atoms in total. The zero-order chi connectivity index (χ0) is 9.10. The summed E-state index contributed by atoms with van der Waals surface area (Å²) in [6.45, 7) is 2.06. The highest BCUT2D eigenvalue weighted by molar-refractivity contribution is 5.65. The minimum Gasteiger partial charge on any atom is -0.264 e. The molecular weight excluding hydrogens is 158 g/mol. The molecule has 63 valence electrons. The zero-order valence-electron chi connectivity index (χ0n) is 7.49. The molecule has 0 unspecified atom stereocenters. The summed E-state index contributed by atoms with van der Waals surface area (Å²) >= 11 is 0. The van der Waals surface area contributed by atoms with Gasteiger partial charge < -0.3 is 0 Å². The summed E-state index contributed by atoms with van der Waals surface area (Å²) in [5.74, 6) is 0. The molecule has 0 bridgehead atoms. The molecule has 1 aromatic carbocycles. The highest BCUT2D eigenvalue weighted by Gasteiger charge is 1.98. The number of hydrogen-bond acceptors (Lipinski definition) is 1. The molecular formula is C12H10N. The Bertz CT molecular complexity index is 393. The molecule has 1 heterocycles. The average Bonchev–Trinajstić information content (AvgIpc) is 2.20. The lowest BCUT2D eigenvalue weighted by Gasteiger charge is -2.03. The predicted octanol–water partition coefficient (Wildman–Crippen LogP) is 2.86. The van der Waals surface area contributed by atoms with E-state index in [1.807, 2.05) is 24.4 Å². The molecule has 0 atom stereocenters. The van der Waals surface area contributed by atoms with Crippen molar-refractivity contribution in [2.75, 3.05) is 0 Å². The first-order chi connectivity index (χ1) is 6.38. The maximum atomic E-state index is 4.09. The third-order valence-corrected chi connectivity index (χ3v) is 2.04. The second-order valence-electron chi connectivity index (χ2n) is 2.95. The van der Waals surface area contributed by atoms with Crippen LogP contribution in [0.3, 0.4) is 0 Å².